The summed E-state index contributed by atoms with van der Waals surface area (Å²) in [6.45, 7) is 2.10. The zero-order valence-corrected chi connectivity index (χ0v) is 7.60. The molecule has 68 valence electrons. The van der Waals surface area contributed by atoms with E-state index in [2.05, 4.69) is 17.2 Å². The Morgan fingerprint density at radius 2 is 2.50 bits per heavy atom. The van der Waals surface area contributed by atoms with Gasteiger partial charge in [0.05, 0.1) is 0 Å². The van der Waals surface area contributed by atoms with E-state index in [-0.39, 0.29) is 12.1 Å². The maximum absolute atomic E-state index is 12.8. The molecule has 1 heterocycles. The van der Waals surface area contributed by atoms with Crippen molar-refractivity contribution in [2.75, 3.05) is 7.05 Å². The first kappa shape index (κ1) is 9.39. The van der Waals surface area contributed by atoms with E-state index in [0.29, 0.717) is 0 Å². The van der Waals surface area contributed by atoms with E-state index >= 15 is 0 Å². The van der Waals surface area contributed by atoms with E-state index in [0.717, 1.165) is 24.8 Å². The smallest absolute Gasteiger partial charge is 0.209 e. The lowest BCUT2D eigenvalue weighted by atomic mass is 10.0. The van der Waals surface area contributed by atoms with E-state index in [1.54, 1.807) is 13.1 Å². The molecule has 0 spiro atoms. The zero-order chi connectivity index (χ0) is 8.97. The fourth-order valence-electron chi connectivity index (χ4n) is 1.37. The van der Waals surface area contributed by atoms with Crippen molar-refractivity contribution in [2.45, 2.75) is 32.4 Å². The Morgan fingerprint density at radius 1 is 1.75 bits per heavy atom. The third-order valence-corrected chi connectivity index (χ3v) is 1.96. The first-order valence-electron chi connectivity index (χ1n) is 4.36. The lowest BCUT2D eigenvalue weighted by Crippen LogP contribution is -2.26. The van der Waals surface area contributed by atoms with Gasteiger partial charge in [0.2, 0.25) is 5.97 Å². The van der Waals surface area contributed by atoms with Gasteiger partial charge in [-0.3, -0.25) is 5.32 Å². The van der Waals surface area contributed by atoms with Crippen molar-refractivity contribution < 1.29 is 4.39 Å². The van der Waals surface area contributed by atoms with Crippen molar-refractivity contribution in [2.24, 2.45) is 4.99 Å². The minimum atomic E-state index is -0.343. The number of halogens is 1. The van der Waals surface area contributed by atoms with Gasteiger partial charge in [-0.15, -0.1) is 0 Å². The summed E-state index contributed by atoms with van der Waals surface area (Å²) in [4.78, 5) is 3.80. The van der Waals surface area contributed by atoms with Crippen molar-refractivity contribution >= 4 is 5.97 Å². The largest absolute Gasteiger partial charge is 0.298 e. The summed E-state index contributed by atoms with van der Waals surface area (Å²) >= 11 is 0. The van der Waals surface area contributed by atoms with Gasteiger partial charge in [0.25, 0.3) is 0 Å². The van der Waals surface area contributed by atoms with Crippen LogP contribution in [0.5, 0.6) is 0 Å². The number of dihydropyridines is 1. The fourth-order valence-corrected chi connectivity index (χ4v) is 1.37. The lowest BCUT2D eigenvalue weighted by Gasteiger charge is -2.17. The van der Waals surface area contributed by atoms with Crippen LogP contribution in [0.3, 0.4) is 0 Å². The number of hydrogen-bond acceptors (Lipinski definition) is 2. The number of nitrogens with zero attached hydrogens (tertiary/aromatic N) is 1. The number of aliphatic imine (C=N–C) groups is 1. The maximum atomic E-state index is 12.8. The van der Waals surface area contributed by atoms with Crippen LogP contribution in [0.2, 0.25) is 0 Å². The van der Waals surface area contributed by atoms with E-state index in [1.807, 2.05) is 0 Å². The van der Waals surface area contributed by atoms with Gasteiger partial charge in [-0.1, -0.05) is 18.9 Å². The minimum Gasteiger partial charge on any atom is -0.298 e. The Hall–Kier alpha value is -0.700. The van der Waals surface area contributed by atoms with Gasteiger partial charge in [-0.2, -0.15) is 4.39 Å². The molecular weight excluding hydrogens is 155 g/mol. The summed E-state index contributed by atoms with van der Waals surface area (Å²) in [5.41, 5.74) is 1.16. The number of rotatable bonds is 3. The molecule has 0 aromatic heterocycles. The van der Waals surface area contributed by atoms with Crippen LogP contribution >= 0.6 is 0 Å². The highest BCUT2D eigenvalue weighted by Gasteiger charge is 2.13. The summed E-state index contributed by atoms with van der Waals surface area (Å²) in [6.07, 6.45) is 4.38. The van der Waals surface area contributed by atoms with Gasteiger partial charge in [-0.25, -0.2) is 4.99 Å². The van der Waals surface area contributed by atoms with Crippen molar-refractivity contribution in [3.8, 4) is 0 Å². The fraction of sp³-hybridized carbons (Fsp3) is 0.667. The molecule has 0 aromatic carbocycles. The molecule has 3 heteroatoms. The molecule has 1 aliphatic rings. The molecule has 1 unspecified atom stereocenters. The van der Waals surface area contributed by atoms with Crippen molar-refractivity contribution in [3.63, 3.8) is 0 Å². The Bertz CT molecular complexity index is 209. The standard InChI is InChI=1S/C9H15FN2/c1-3-4-7-5-8(10)12-9(6-7)11-2/h5,9,11H,3-4,6H2,1-2H3. The summed E-state index contributed by atoms with van der Waals surface area (Å²) in [5, 5.41) is 2.95. The van der Waals surface area contributed by atoms with Crippen LogP contribution in [-0.2, 0) is 0 Å². The molecule has 0 amide bonds. The van der Waals surface area contributed by atoms with Crippen LogP contribution < -0.4 is 5.32 Å². The van der Waals surface area contributed by atoms with Crippen LogP contribution in [0.4, 0.5) is 4.39 Å². The van der Waals surface area contributed by atoms with Gasteiger partial charge in [0.15, 0.2) is 0 Å². The molecule has 12 heavy (non-hydrogen) atoms. The van der Waals surface area contributed by atoms with E-state index in [9.17, 15) is 4.39 Å². The Kier molecular flexibility index (Phi) is 3.41. The first-order valence-corrected chi connectivity index (χ1v) is 4.36. The van der Waals surface area contributed by atoms with E-state index in [1.165, 1.54) is 0 Å². The average molecular weight is 170 g/mol. The van der Waals surface area contributed by atoms with Gasteiger partial charge in [0.1, 0.15) is 6.17 Å². The van der Waals surface area contributed by atoms with Gasteiger partial charge in [0, 0.05) is 6.42 Å². The number of nitrogens with one attached hydrogen (secondary N) is 1. The van der Waals surface area contributed by atoms with Gasteiger partial charge >= 0.3 is 0 Å². The minimum absolute atomic E-state index is 0.0588. The number of allylic oxidation sites excluding steroid dienone is 1. The Morgan fingerprint density at radius 3 is 3.08 bits per heavy atom. The molecule has 1 rings (SSSR count). The molecule has 0 radical (unpaired) electrons. The third-order valence-electron chi connectivity index (χ3n) is 1.96. The molecular formula is C9H15FN2. The maximum Gasteiger partial charge on any atom is 0.209 e. The quantitative estimate of drug-likeness (QED) is 0.688. The topological polar surface area (TPSA) is 24.4 Å². The van der Waals surface area contributed by atoms with Crippen LogP contribution in [0.1, 0.15) is 26.2 Å². The molecule has 0 aliphatic carbocycles. The van der Waals surface area contributed by atoms with Crippen LogP contribution in [0.25, 0.3) is 0 Å². The molecule has 2 nitrogen and oxygen atoms in total. The molecule has 0 saturated heterocycles. The molecule has 0 bridgehead atoms. The van der Waals surface area contributed by atoms with Gasteiger partial charge in [-0.05, 0) is 19.5 Å². The molecule has 1 atom stereocenters. The normalized spacial score (nSPS) is 23.4. The Labute approximate surface area is 72.6 Å². The van der Waals surface area contributed by atoms with Crippen molar-refractivity contribution in [3.05, 3.63) is 11.6 Å². The first-order chi connectivity index (χ1) is 5.76. The predicted octanol–water partition coefficient (Wildman–Crippen LogP) is 2.03. The second kappa shape index (κ2) is 4.36. The molecule has 1 aliphatic heterocycles. The van der Waals surface area contributed by atoms with Crippen LogP contribution in [0.15, 0.2) is 16.6 Å². The second-order valence-corrected chi connectivity index (χ2v) is 3.01. The predicted molar refractivity (Wildman–Crippen MR) is 49.0 cm³/mol. The lowest BCUT2D eigenvalue weighted by molar-refractivity contribution is 0.552. The van der Waals surface area contributed by atoms with E-state index in [4.69, 9.17) is 0 Å². The summed E-state index contributed by atoms with van der Waals surface area (Å²) in [7, 11) is 1.80. The zero-order valence-electron chi connectivity index (χ0n) is 7.60. The average Bonchev–Trinajstić information content (AvgIpc) is 2.04. The highest BCUT2D eigenvalue weighted by molar-refractivity contribution is 5.88. The van der Waals surface area contributed by atoms with Gasteiger partial charge < -0.3 is 0 Å². The Balaban J connectivity index is 2.60. The molecule has 0 saturated carbocycles. The number of hydrogen-bond donors (Lipinski definition) is 1. The molecule has 0 aromatic rings. The summed E-state index contributed by atoms with van der Waals surface area (Å²) in [5.74, 6) is -0.343. The SMILES string of the molecule is CCCC1=CC(F)=NC(NC)C1. The van der Waals surface area contributed by atoms with Crippen LogP contribution in [0, 0.1) is 0 Å². The highest BCUT2D eigenvalue weighted by Crippen LogP contribution is 2.17. The summed E-state index contributed by atoms with van der Waals surface area (Å²) in [6, 6.07) is 0. The molecule has 1 N–H and O–H groups in total. The third kappa shape index (κ3) is 2.41. The molecule has 0 fully saturated rings. The summed E-state index contributed by atoms with van der Waals surface area (Å²) < 4.78 is 12.8. The van der Waals surface area contributed by atoms with E-state index < -0.39 is 0 Å². The van der Waals surface area contributed by atoms with Crippen molar-refractivity contribution in [1.29, 1.82) is 0 Å². The highest BCUT2D eigenvalue weighted by atomic mass is 19.1. The van der Waals surface area contributed by atoms with Crippen LogP contribution in [-0.4, -0.2) is 19.2 Å². The second-order valence-electron chi connectivity index (χ2n) is 3.01. The monoisotopic (exact) mass is 170 g/mol. The van der Waals surface area contributed by atoms with Crippen molar-refractivity contribution in [1.82, 2.24) is 5.32 Å².